The Kier molecular flexibility index (Phi) is 6.81. The van der Waals surface area contributed by atoms with Crippen molar-refractivity contribution in [2.45, 2.75) is 39.3 Å². The van der Waals surface area contributed by atoms with Crippen LogP contribution in [0.15, 0.2) is 47.1 Å². The van der Waals surface area contributed by atoms with Crippen LogP contribution in [0.25, 0.3) is 0 Å². The molecule has 1 aromatic carbocycles. The minimum absolute atomic E-state index is 0.252. The van der Waals surface area contributed by atoms with Crippen LogP contribution in [-0.2, 0) is 14.3 Å². The van der Waals surface area contributed by atoms with Gasteiger partial charge < -0.3 is 19.2 Å². The molecule has 0 unspecified atom stereocenters. The maximum Gasteiger partial charge on any atom is 0.412 e. The van der Waals surface area contributed by atoms with Crippen molar-refractivity contribution in [2.75, 3.05) is 11.9 Å². The zero-order chi connectivity index (χ0) is 20.7. The summed E-state index contributed by atoms with van der Waals surface area (Å²) in [4.78, 5) is 35.7. The first kappa shape index (κ1) is 21.0. The van der Waals surface area contributed by atoms with E-state index in [9.17, 15) is 14.4 Å². The zero-order valence-electron chi connectivity index (χ0n) is 16.3. The molecule has 0 aliphatic heterocycles. The lowest BCUT2D eigenvalue weighted by molar-refractivity contribution is -0.125. The average Bonchev–Trinajstić information content (AvgIpc) is 3.13. The topological polar surface area (TPSA) is 107 Å². The Labute approximate surface area is 163 Å². The van der Waals surface area contributed by atoms with Crippen molar-refractivity contribution >= 4 is 23.7 Å². The van der Waals surface area contributed by atoms with Crippen LogP contribution < -0.4 is 10.6 Å². The highest BCUT2D eigenvalue weighted by Gasteiger charge is 2.17. The predicted octanol–water partition coefficient (Wildman–Crippen LogP) is 3.66. The molecule has 150 valence electrons. The van der Waals surface area contributed by atoms with Crippen molar-refractivity contribution < 1.29 is 28.3 Å². The number of hydrogen-bond donors (Lipinski definition) is 2. The number of carbonyl (C=O) groups is 3. The molecule has 0 bridgehead atoms. The number of hydrogen-bond acceptors (Lipinski definition) is 6. The van der Waals surface area contributed by atoms with Crippen LogP contribution >= 0.6 is 0 Å². The van der Waals surface area contributed by atoms with Gasteiger partial charge in [-0.15, -0.1) is 0 Å². The van der Waals surface area contributed by atoms with Crippen LogP contribution in [0.1, 0.15) is 49.9 Å². The van der Waals surface area contributed by atoms with Crippen molar-refractivity contribution in [3.05, 3.63) is 54.0 Å². The second kappa shape index (κ2) is 9.07. The van der Waals surface area contributed by atoms with Crippen molar-refractivity contribution in [1.29, 1.82) is 0 Å². The molecule has 0 fully saturated rings. The lowest BCUT2D eigenvalue weighted by Crippen LogP contribution is -2.31. The number of rotatable bonds is 6. The van der Waals surface area contributed by atoms with Gasteiger partial charge in [0.2, 0.25) is 0 Å². The fourth-order valence-corrected chi connectivity index (χ4v) is 2.22. The minimum atomic E-state index is -0.649. The fraction of sp³-hybridized carbons (Fsp3) is 0.350. The Morgan fingerprint density at radius 3 is 2.36 bits per heavy atom. The third kappa shape index (κ3) is 6.79. The Morgan fingerprint density at radius 1 is 1.11 bits per heavy atom. The number of amides is 2. The summed E-state index contributed by atoms with van der Waals surface area (Å²) in [6.07, 6.45) is 0.921. The summed E-state index contributed by atoms with van der Waals surface area (Å²) >= 11 is 0. The third-order valence-corrected chi connectivity index (χ3v) is 3.45. The second-order valence-electron chi connectivity index (χ2n) is 7.08. The van der Waals surface area contributed by atoms with Gasteiger partial charge in [0, 0.05) is 5.69 Å². The normalized spacial score (nSPS) is 12.0. The standard InChI is InChI=1S/C20H24N2O6/c1-13(16-6-5-11-26-16)21-17(23)12-27-18(24)14-7-9-15(10-8-14)22-19(25)28-20(2,3)4/h5-11,13H,12H2,1-4H3,(H,21,23)(H,22,25)/t13-/m0/s1. The molecule has 2 amide bonds. The van der Waals surface area contributed by atoms with Gasteiger partial charge in [0.1, 0.15) is 11.4 Å². The maximum absolute atomic E-state index is 12.1. The molecule has 0 spiro atoms. The Bertz CT molecular complexity index is 806. The molecule has 2 rings (SSSR count). The number of nitrogens with one attached hydrogen (secondary N) is 2. The van der Waals surface area contributed by atoms with E-state index in [2.05, 4.69) is 10.6 Å². The highest BCUT2D eigenvalue weighted by Crippen LogP contribution is 2.14. The first-order valence-corrected chi connectivity index (χ1v) is 8.74. The van der Waals surface area contributed by atoms with E-state index < -0.39 is 30.2 Å². The van der Waals surface area contributed by atoms with E-state index in [0.717, 1.165) is 0 Å². The fourth-order valence-electron chi connectivity index (χ4n) is 2.22. The van der Waals surface area contributed by atoms with Gasteiger partial charge in [-0.25, -0.2) is 9.59 Å². The summed E-state index contributed by atoms with van der Waals surface area (Å²) in [5, 5.41) is 5.23. The molecule has 2 N–H and O–H groups in total. The maximum atomic E-state index is 12.1. The Morgan fingerprint density at radius 2 is 1.79 bits per heavy atom. The molecule has 2 aromatic rings. The van der Waals surface area contributed by atoms with Crippen LogP contribution in [0.3, 0.4) is 0 Å². The van der Waals surface area contributed by atoms with Crippen LogP contribution in [-0.4, -0.2) is 30.2 Å². The van der Waals surface area contributed by atoms with E-state index in [-0.39, 0.29) is 11.6 Å². The highest BCUT2D eigenvalue weighted by molar-refractivity contribution is 5.92. The molecule has 1 atom stereocenters. The average molecular weight is 388 g/mol. The second-order valence-corrected chi connectivity index (χ2v) is 7.08. The van der Waals surface area contributed by atoms with E-state index in [1.165, 1.54) is 18.4 Å². The lowest BCUT2D eigenvalue weighted by atomic mass is 10.2. The summed E-state index contributed by atoms with van der Waals surface area (Å²) in [6, 6.07) is 9.18. The summed E-state index contributed by atoms with van der Waals surface area (Å²) in [5.41, 5.74) is 0.112. The van der Waals surface area contributed by atoms with Crippen molar-refractivity contribution in [1.82, 2.24) is 5.32 Å². The van der Waals surface area contributed by atoms with Crippen LogP contribution in [0, 0.1) is 0 Å². The van der Waals surface area contributed by atoms with Gasteiger partial charge in [-0.05, 0) is 64.1 Å². The lowest BCUT2D eigenvalue weighted by Gasteiger charge is -2.19. The Balaban J connectivity index is 1.81. The van der Waals surface area contributed by atoms with E-state index in [1.807, 2.05) is 0 Å². The summed E-state index contributed by atoms with van der Waals surface area (Å²) in [7, 11) is 0. The summed E-state index contributed by atoms with van der Waals surface area (Å²) in [5.74, 6) is -0.488. The molecule has 0 saturated carbocycles. The Hall–Kier alpha value is -3.29. The van der Waals surface area contributed by atoms with E-state index >= 15 is 0 Å². The van der Waals surface area contributed by atoms with Gasteiger partial charge >= 0.3 is 12.1 Å². The van der Waals surface area contributed by atoms with E-state index in [0.29, 0.717) is 11.4 Å². The number of ether oxygens (including phenoxy) is 2. The molecular weight excluding hydrogens is 364 g/mol. The van der Waals surface area contributed by atoms with E-state index in [1.54, 1.807) is 52.0 Å². The van der Waals surface area contributed by atoms with Gasteiger partial charge in [0.05, 0.1) is 17.9 Å². The quantitative estimate of drug-likeness (QED) is 0.732. The molecule has 0 radical (unpaired) electrons. The van der Waals surface area contributed by atoms with Crippen LogP contribution in [0.2, 0.25) is 0 Å². The predicted molar refractivity (Wildman–Crippen MR) is 102 cm³/mol. The largest absolute Gasteiger partial charge is 0.467 e. The SMILES string of the molecule is C[C@H](NC(=O)COC(=O)c1ccc(NC(=O)OC(C)(C)C)cc1)c1ccco1. The molecule has 0 aliphatic rings. The molecule has 8 heteroatoms. The van der Waals surface area contributed by atoms with E-state index in [4.69, 9.17) is 13.9 Å². The van der Waals surface area contributed by atoms with Gasteiger partial charge in [-0.3, -0.25) is 10.1 Å². The highest BCUT2D eigenvalue weighted by atomic mass is 16.6. The van der Waals surface area contributed by atoms with Crippen molar-refractivity contribution in [2.24, 2.45) is 0 Å². The first-order chi connectivity index (χ1) is 13.1. The zero-order valence-corrected chi connectivity index (χ0v) is 16.3. The van der Waals surface area contributed by atoms with Gasteiger partial charge in [0.25, 0.3) is 5.91 Å². The monoisotopic (exact) mass is 388 g/mol. The first-order valence-electron chi connectivity index (χ1n) is 8.74. The number of esters is 1. The van der Waals surface area contributed by atoms with Gasteiger partial charge in [-0.2, -0.15) is 0 Å². The number of anilines is 1. The number of carbonyl (C=O) groups excluding carboxylic acids is 3. The molecule has 1 heterocycles. The molecule has 28 heavy (non-hydrogen) atoms. The van der Waals surface area contributed by atoms with Crippen LogP contribution in [0.4, 0.5) is 10.5 Å². The minimum Gasteiger partial charge on any atom is -0.467 e. The van der Waals surface area contributed by atoms with Crippen molar-refractivity contribution in [3.63, 3.8) is 0 Å². The number of furan rings is 1. The molecule has 8 nitrogen and oxygen atoms in total. The molecule has 0 saturated heterocycles. The summed E-state index contributed by atoms with van der Waals surface area (Å²) < 4.78 is 15.3. The van der Waals surface area contributed by atoms with Crippen LogP contribution in [0.5, 0.6) is 0 Å². The molecular formula is C20H24N2O6. The number of benzene rings is 1. The summed E-state index contributed by atoms with van der Waals surface area (Å²) in [6.45, 7) is 6.63. The van der Waals surface area contributed by atoms with Gasteiger partial charge in [-0.1, -0.05) is 0 Å². The van der Waals surface area contributed by atoms with Gasteiger partial charge in [0.15, 0.2) is 6.61 Å². The smallest absolute Gasteiger partial charge is 0.412 e. The molecule has 0 aliphatic carbocycles. The molecule has 1 aromatic heterocycles. The third-order valence-electron chi connectivity index (χ3n) is 3.45. The van der Waals surface area contributed by atoms with Crippen molar-refractivity contribution in [3.8, 4) is 0 Å².